The zero-order chi connectivity index (χ0) is 31.5. The third-order valence-corrected chi connectivity index (χ3v) is 8.56. The van der Waals surface area contributed by atoms with E-state index in [9.17, 15) is 9.59 Å². The molecule has 6 aromatic rings. The molecule has 2 heterocycles. The quantitative estimate of drug-likeness (QED) is 0.177. The largest absolute Gasteiger partial charge is 0.465 e. The third kappa shape index (κ3) is 6.93. The van der Waals surface area contributed by atoms with Crippen LogP contribution in [0.15, 0.2) is 97.3 Å². The fourth-order valence-electron chi connectivity index (χ4n) is 5.65. The van der Waals surface area contributed by atoms with Crippen molar-refractivity contribution in [3.8, 4) is 0 Å². The van der Waals surface area contributed by atoms with Crippen molar-refractivity contribution in [3.05, 3.63) is 141 Å². The average molecular weight is 640 g/mol. The van der Waals surface area contributed by atoms with Crippen LogP contribution >= 0.6 is 23.2 Å². The molecule has 1 N–H and O–H groups in total. The number of nitrogens with zero attached hydrogens (tertiary/aromatic N) is 1. The van der Waals surface area contributed by atoms with Crippen LogP contribution in [0.25, 0.3) is 21.8 Å². The lowest BCUT2D eigenvalue weighted by atomic mass is 9.99. The van der Waals surface area contributed by atoms with Crippen LogP contribution in [0, 0.1) is 0 Å². The number of methoxy groups -OCH3 is 2. The number of aromatic amines is 1. The molecule has 1 saturated carbocycles. The predicted molar refractivity (Wildman–Crippen MR) is 180 cm³/mol. The van der Waals surface area contributed by atoms with Crippen molar-refractivity contribution in [2.45, 2.75) is 31.7 Å². The fraction of sp³-hybridized carbons (Fsp3) is 0.189. The zero-order valence-corrected chi connectivity index (χ0v) is 26.5. The molecule has 0 unspecified atom stereocenters. The van der Waals surface area contributed by atoms with Gasteiger partial charge in [0.2, 0.25) is 0 Å². The first kappa shape index (κ1) is 30.5. The Labute approximate surface area is 271 Å². The second-order valence-corrected chi connectivity index (χ2v) is 12.1. The molecule has 1 aliphatic rings. The van der Waals surface area contributed by atoms with Gasteiger partial charge in [-0.25, -0.2) is 9.59 Å². The topological polar surface area (TPSA) is 73.3 Å². The van der Waals surface area contributed by atoms with Crippen molar-refractivity contribution in [2.75, 3.05) is 14.2 Å². The number of esters is 2. The van der Waals surface area contributed by atoms with Crippen LogP contribution in [0.3, 0.4) is 0 Å². The van der Waals surface area contributed by atoms with Gasteiger partial charge in [0.05, 0.1) is 25.3 Å². The number of nitrogens with one attached hydrogen (secondary N) is 1. The highest BCUT2D eigenvalue weighted by molar-refractivity contribution is 6.31. The van der Waals surface area contributed by atoms with Gasteiger partial charge in [-0.2, -0.15) is 0 Å². The monoisotopic (exact) mass is 638 g/mol. The van der Waals surface area contributed by atoms with E-state index in [1.165, 1.54) is 43.5 Å². The highest BCUT2D eigenvalue weighted by Gasteiger charge is 2.24. The number of rotatable bonds is 7. The van der Waals surface area contributed by atoms with Crippen LogP contribution in [0.2, 0.25) is 10.0 Å². The van der Waals surface area contributed by atoms with E-state index in [1.807, 2.05) is 36.5 Å². The molecular formula is C37H32Cl2N2O4. The zero-order valence-electron chi connectivity index (χ0n) is 25.0. The minimum atomic E-state index is -0.366. The van der Waals surface area contributed by atoms with Gasteiger partial charge < -0.3 is 19.0 Å². The van der Waals surface area contributed by atoms with Gasteiger partial charge in [-0.05, 0) is 119 Å². The second kappa shape index (κ2) is 13.2. The molecule has 1 fully saturated rings. The SMILES string of the molecule is COC(=O)c1cc(Cl)ccc1Cc1ccc2[nH]ccc2c1.COC(=O)c1cc(Cl)ccc1Cc1ccc2c(ccn2C2CC2)c1. The van der Waals surface area contributed by atoms with Gasteiger partial charge >= 0.3 is 11.9 Å². The van der Waals surface area contributed by atoms with Crippen molar-refractivity contribution in [2.24, 2.45) is 0 Å². The first-order valence-electron chi connectivity index (χ1n) is 14.7. The van der Waals surface area contributed by atoms with Crippen molar-refractivity contribution in [1.82, 2.24) is 9.55 Å². The summed E-state index contributed by atoms with van der Waals surface area (Å²) in [6.07, 6.45) is 7.97. The molecule has 4 aromatic carbocycles. The van der Waals surface area contributed by atoms with E-state index in [4.69, 9.17) is 32.7 Å². The molecule has 0 bridgehead atoms. The number of carbonyl (C=O) groups is 2. The lowest BCUT2D eigenvalue weighted by molar-refractivity contribution is 0.0590. The summed E-state index contributed by atoms with van der Waals surface area (Å²) >= 11 is 12.0. The molecule has 228 valence electrons. The molecule has 0 saturated heterocycles. The number of carbonyl (C=O) groups excluding carboxylic acids is 2. The van der Waals surface area contributed by atoms with Gasteiger partial charge in [-0.3, -0.25) is 0 Å². The number of aromatic nitrogens is 2. The average Bonchev–Trinajstić information content (AvgIpc) is 3.63. The summed E-state index contributed by atoms with van der Waals surface area (Å²) in [5, 5.41) is 3.46. The Bertz CT molecular complexity index is 2020. The normalized spacial score (nSPS) is 12.5. The number of hydrogen-bond donors (Lipinski definition) is 1. The van der Waals surface area contributed by atoms with Gasteiger partial charge in [-0.15, -0.1) is 0 Å². The Morgan fingerprint density at radius 1 is 0.733 bits per heavy atom. The van der Waals surface area contributed by atoms with Crippen LogP contribution in [-0.2, 0) is 22.3 Å². The van der Waals surface area contributed by atoms with Crippen LogP contribution in [-0.4, -0.2) is 35.7 Å². The highest BCUT2D eigenvalue weighted by atomic mass is 35.5. The number of H-pyrrole nitrogens is 1. The van der Waals surface area contributed by atoms with Crippen molar-refractivity contribution in [3.63, 3.8) is 0 Å². The Morgan fingerprint density at radius 3 is 1.89 bits per heavy atom. The van der Waals surface area contributed by atoms with E-state index >= 15 is 0 Å². The highest BCUT2D eigenvalue weighted by Crippen LogP contribution is 2.38. The van der Waals surface area contributed by atoms with Crippen molar-refractivity contribution in [1.29, 1.82) is 0 Å². The summed E-state index contributed by atoms with van der Waals surface area (Å²) in [4.78, 5) is 27.0. The molecule has 0 spiro atoms. The molecule has 0 aliphatic heterocycles. The van der Waals surface area contributed by atoms with Crippen LogP contribution < -0.4 is 0 Å². The first-order valence-corrected chi connectivity index (χ1v) is 15.5. The third-order valence-electron chi connectivity index (χ3n) is 8.09. The standard InChI is InChI=1S/C20H18ClNO2.C17H14ClNO2/c1-24-20(23)18-12-16(21)4-3-14(18)10-13-2-7-19-15(11-13)8-9-22(19)17-5-6-17;1-21-17(20)15-10-14(18)4-3-12(15)8-11-2-5-16-13(9-11)6-7-19-16/h2-4,7-9,11-12,17H,5-6,10H2,1H3;2-7,9-10,19H,8H2,1H3. The van der Waals surface area contributed by atoms with E-state index in [-0.39, 0.29) is 11.9 Å². The Balaban J connectivity index is 0.000000160. The molecule has 0 amide bonds. The molecular weight excluding hydrogens is 607 g/mol. The van der Waals surface area contributed by atoms with Gasteiger partial charge in [0.25, 0.3) is 0 Å². The number of ether oxygens (including phenoxy) is 2. The van der Waals surface area contributed by atoms with Crippen LogP contribution in [0.4, 0.5) is 0 Å². The summed E-state index contributed by atoms with van der Waals surface area (Å²) in [6, 6.07) is 28.3. The van der Waals surface area contributed by atoms with E-state index in [2.05, 4.69) is 52.1 Å². The number of halogens is 2. The molecule has 0 radical (unpaired) electrons. The maximum absolute atomic E-state index is 12.0. The molecule has 0 atom stereocenters. The first-order chi connectivity index (χ1) is 21.8. The summed E-state index contributed by atoms with van der Waals surface area (Å²) in [5.74, 6) is -0.719. The number of fused-ring (bicyclic) bond motifs is 2. The molecule has 1 aliphatic carbocycles. The van der Waals surface area contributed by atoms with Gasteiger partial charge in [0.1, 0.15) is 0 Å². The summed E-state index contributed by atoms with van der Waals surface area (Å²) in [6.45, 7) is 0. The fourth-order valence-corrected chi connectivity index (χ4v) is 6.00. The molecule has 7 rings (SSSR count). The van der Waals surface area contributed by atoms with Crippen LogP contribution in [0.5, 0.6) is 0 Å². The summed E-state index contributed by atoms with van der Waals surface area (Å²) < 4.78 is 12.1. The predicted octanol–water partition coefficient (Wildman–Crippen LogP) is 9.21. The lowest BCUT2D eigenvalue weighted by Crippen LogP contribution is -2.06. The summed E-state index contributed by atoms with van der Waals surface area (Å²) in [5.41, 5.74) is 7.56. The van der Waals surface area contributed by atoms with E-state index in [1.54, 1.807) is 18.2 Å². The molecule has 6 nitrogen and oxygen atoms in total. The summed E-state index contributed by atoms with van der Waals surface area (Å²) in [7, 11) is 2.76. The van der Waals surface area contributed by atoms with Crippen LogP contribution in [0.1, 0.15) is 61.9 Å². The van der Waals surface area contributed by atoms with E-state index < -0.39 is 0 Å². The van der Waals surface area contributed by atoms with Gasteiger partial charge in [-0.1, -0.05) is 47.5 Å². The van der Waals surface area contributed by atoms with Gasteiger partial charge in [0, 0.05) is 39.5 Å². The second-order valence-electron chi connectivity index (χ2n) is 11.2. The number of benzene rings is 4. The minimum Gasteiger partial charge on any atom is -0.465 e. The lowest BCUT2D eigenvalue weighted by Gasteiger charge is -2.09. The Morgan fingerprint density at radius 2 is 1.31 bits per heavy atom. The Hall–Kier alpha value is -4.52. The molecule has 2 aromatic heterocycles. The molecule has 45 heavy (non-hydrogen) atoms. The Kier molecular flexibility index (Phi) is 8.97. The maximum atomic E-state index is 12.0. The van der Waals surface area contributed by atoms with E-state index in [0.717, 1.165) is 27.6 Å². The number of hydrogen-bond acceptors (Lipinski definition) is 4. The van der Waals surface area contributed by atoms with Crippen molar-refractivity contribution >= 4 is 56.9 Å². The minimum absolute atomic E-state index is 0.353. The van der Waals surface area contributed by atoms with Gasteiger partial charge in [0.15, 0.2) is 0 Å². The van der Waals surface area contributed by atoms with Crippen molar-refractivity contribution < 1.29 is 19.1 Å². The van der Waals surface area contributed by atoms with E-state index in [0.29, 0.717) is 40.1 Å². The molecule has 8 heteroatoms. The smallest absolute Gasteiger partial charge is 0.338 e. The maximum Gasteiger partial charge on any atom is 0.338 e.